The molecule has 0 aromatic heterocycles. The van der Waals surface area contributed by atoms with E-state index >= 15 is 0 Å². The molecule has 102 valence electrons. The highest BCUT2D eigenvalue weighted by Gasteiger charge is 2.00. The third-order valence-corrected chi connectivity index (χ3v) is 2.61. The molecular formula is C10H20O4S3. The maximum Gasteiger partial charge on any atom is 0.315 e. The van der Waals surface area contributed by atoms with E-state index in [0.29, 0.717) is 0 Å². The van der Waals surface area contributed by atoms with Crippen LogP contribution >= 0.6 is 37.0 Å². The Labute approximate surface area is 118 Å². The summed E-state index contributed by atoms with van der Waals surface area (Å²) in [6.07, 6.45) is 0. The van der Waals surface area contributed by atoms with Crippen LogP contribution in [0.3, 0.4) is 0 Å². The van der Waals surface area contributed by atoms with Crippen LogP contribution < -0.4 is 0 Å². The van der Waals surface area contributed by atoms with Crippen LogP contribution in [0.2, 0.25) is 0 Å². The first-order valence-electron chi connectivity index (χ1n) is 5.22. The fourth-order valence-electron chi connectivity index (χ4n) is 0.606. The van der Waals surface area contributed by atoms with E-state index in [1.165, 1.54) is 11.5 Å². The Kier molecular flexibility index (Phi) is 18.2. The van der Waals surface area contributed by atoms with Gasteiger partial charge in [-0.3, -0.25) is 9.59 Å². The number of ether oxygens (including phenoxy) is 2. The first-order chi connectivity index (χ1) is 8.12. The number of thiol groups is 2. The zero-order valence-electron chi connectivity index (χ0n) is 10.2. The van der Waals surface area contributed by atoms with Gasteiger partial charge >= 0.3 is 11.9 Å². The number of carbonyl (C=O) groups is 2. The van der Waals surface area contributed by atoms with Gasteiger partial charge in [0.2, 0.25) is 0 Å². The van der Waals surface area contributed by atoms with Crippen molar-refractivity contribution in [2.24, 2.45) is 0 Å². The van der Waals surface area contributed by atoms with Crippen molar-refractivity contribution in [2.45, 2.75) is 13.8 Å². The highest BCUT2D eigenvalue weighted by atomic mass is 32.2. The molecule has 0 rings (SSSR count). The van der Waals surface area contributed by atoms with Gasteiger partial charge in [-0.05, 0) is 11.5 Å². The lowest BCUT2D eigenvalue weighted by molar-refractivity contribution is -0.148. The Bertz CT molecular complexity index is 180. The van der Waals surface area contributed by atoms with E-state index in [2.05, 4.69) is 48.6 Å². The molecule has 17 heavy (non-hydrogen) atoms. The van der Waals surface area contributed by atoms with Gasteiger partial charge in [0.1, 0.15) is 13.2 Å². The predicted molar refractivity (Wildman–Crippen MR) is 78.3 cm³/mol. The smallest absolute Gasteiger partial charge is 0.315 e. The molecule has 0 fully saturated rings. The number of carbonyl (C=O) groups excluding carboxylic acids is 2. The minimum absolute atomic E-state index is 0.0283. The van der Waals surface area contributed by atoms with Crippen LogP contribution in [0, 0.1) is 0 Å². The normalized spacial score (nSPS) is 8.94. The number of thioether (sulfide) groups is 1. The van der Waals surface area contributed by atoms with Crippen molar-refractivity contribution >= 4 is 49.0 Å². The van der Waals surface area contributed by atoms with Crippen molar-refractivity contribution in [3.8, 4) is 0 Å². The molecule has 0 aromatic rings. The summed E-state index contributed by atoms with van der Waals surface area (Å²) in [5.74, 6) is 1.72. The Morgan fingerprint density at radius 3 is 1.47 bits per heavy atom. The average Bonchev–Trinajstić information content (AvgIpc) is 2.35. The molecule has 0 aliphatic heterocycles. The average molecular weight is 300 g/mol. The van der Waals surface area contributed by atoms with Crippen molar-refractivity contribution in [3.63, 3.8) is 0 Å². The molecule has 0 spiro atoms. The zero-order valence-corrected chi connectivity index (χ0v) is 12.8. The highest BCUT2D eigenvalue weighted by Crippen LogP contribution is 1.93. The second-order valence-electron chi connectivity index (χ2n) is 2.54. The van der Waals surface area contributed by atoms with Gasteiger partial charge in [0.15, 0.2) is 0 Å². The van der Waals surface area contributed by atoms with E-state index in [9.17, 15) is 9.59 Å². The first-order valence-corrected chi connectivity index (χ1v) is 7.64. The molecule has 0 N–H and O–H groups in total. The van der Waals surface area contributed by atoms with Crippen LogP contribution in [0.1, 0.15) is 13.8 Å². The van der Waals surface area contributed by atoms with Crippen LogP contribution in [0.25, 0.3) is 0 Å². The van der Waals surface area contributed by atoms with E-state index in [-0.39, 0.29) is 24.7 Å². The zero-order chi connectivity index (χ0) is 13.5. The van der Waals surface area contributed by atoms with E-state index < -0.39 is 11.9 Å². The van der Waals surface area contributed by atoms with E-state index in [1.54, 1.807) is 0 Å². The topological polar surface area (TPSA) is 52.6 Å². The minimum atomic E-state index is -0.430. The lowest BCUT2D eigenvalue weighted by Crippen LogP contribution is -2.14. The number of hydrogen-bond acceptors (Lipinski definition) is 7. The summed E-state index contributed by atoms with van der Waals surface area (Å²) in [6.45, 7) is 4.49. The van der Waals surface area contributed by atoms with Gasteiger partial charge in [0, 0.05) is 0 Å². The summed E-state index contributed by atoms with van der Waals surface area (Å²) in [5.41, 5.74) is 0. The molecule has 0 amide bonds. The van der Waals surface area contributed by atoms with Crippen LogP contribution in [0.4, 0.5) is 0 Å². The fourth-order valence-corrected chi connectivity index (χ4v) is 1.20. The van der Waals surface area contributed by atoms with E-state index in [1.807, 2.05) is 11.8 Å². The lowest BCUT2D eigenvalue weighted by atomic mass is 10.7. The van der Waals surface area contributed by atoms with Gasteiger partial charge in [0.05, 0.1) is 11.5 Å². The Morgan fingerprint density at radius 1 is 0.941 bits per heavy atom. The molecule has 0 bridgehead atoms. The molecule has 0 heterocycles. The van der Waals surface area contributed by atoms with E-state index in [0.717, 1.165) is 0 Å². The second-order valence-corrected chi connectivity index (χ2v) is 4.73. The number of rotatable bonds is 7. The van der Waals surface area contributed by atoms with Crippen LogP contribution in [0.5, 0.6) is 0 Å². The molecule has 7 heteroatoms. The molecule has 0 unspecified atom stereocenters. The van der Waals surface area contributed by atoms with Crippen LogP contribution in [-0.2, 0) is 19.1 Å². The lowest BCUT2D eigenvalue weighted by Gasteiger charge is -2.03. The van der Waals surface area contributed by atoms with Gasteiger partial charge < -0.3 is 9.47 Å². The Morgan fingerprint density at radius 2 is 1.29 bits per heavy atom. The summed E-state index contributed by atoms with van der Waals surface area (Å²) in [4.78, 5) is 20.9. The van der Waals surface area contributed by atoms with Crippen LogP contribution in [0.15, 0.2) is 0 Å². The fraction of sp³-hybridized carbons (Fsp3) is 0.800. The third kappa shape index (κ3) is 18.5. The minimum Gasteiger partial charge on any atom is -0.461 e. The molecule has 0 atom stereocenters. The van der Waals surface area contributed by atoms with Crippen molar-refractivity contribution in [1.29, 1.82) is 0 Å². The van der Waals surface area contributed by atoms with Crippen molar-refractivity contribution in [2.75, 3.05) is 36.2 Å². The summed E-state index contributed by atoms with van der Waals surface area (Å²) in [6, 6.07) is 0. The quantitative estimate of drug-likeness (QED) is 0.426. The molecule has 4 nitrogen and oxygen atoms in total. The standard InChI is InChI=1S/C6H10O4S2.C4H10S/c7-5(3-11)9-1-2-10-6(8)4-12;1-3-5-4-2/h11-12H,1-4H2;3-4H2,1-2H3. The van der Waals surface area contributed by atoms with Gasteiger partial charge in [-0.25, -0.2) is 0 Å². The van der Waals surface area contributed by atoms with Crippen molar-refractivity contribution < 1.29 is 19.1 Å². The maximum absolute atomic E-state index is 10.5. The molecule has 0 aromatic carbocycles. The van der Waals surface area contributed by atoms with Crippen molar-refractivity contribution in [3.05, 3.63) is 0 Å². The molecule has 0 radical (unpaired) electrons. The maximum atomic E-state index is 10.5. The monoisotopic (exact) mass is 300 g/mol. The van der Waals surface area contributed by atoms with Crippen LogP contribution in [-0.4, -0.2) is 48.2 Å². The van der Waals surface area contributed by atoms with Crippen molar-refractivity contribution in [1.82, 2.24) is 0 Å². The summed E-state index contributed by atoms with van der Waals surface area (Å²) in [7, 11) is 0. The second kappa shape index (κ2) is 16.0. The molecule has 0 saturated heterocycles. The van der Waals surface area contributed by atoms with E-state index in [4.69, 9.17) is 0 Å². The highest BCUT2D eigenvalue weighted by molar-refractivity contribution is 7.99. The Balaban J connectivity index is 0. The number of hydrogen-bond donors (Lipinski definition) is 2. The third-order valence-electron chi connectivity index (χ3n) is 1.28. The van der Waals surface area contributed by atoms with Gasteiger partial charge in [-0.15, -0.1) is 0 Å². The molecule has 0 saturated carbocycles. The number of esters is 2. The molecule has 0 aliphatic carbocycles. The van der Waals surface area contributed by atoms with Gasteiger partial charge in [-0.2, -0.15) is 37.0 Å². The molecule has 0 aliphatic rings. The summed E-state index contributed by atoms with van der Waals surface area (Å²) in [5, 5.41) is 0. The van der Waals surface area contributed by atoms with Gasteiger partial charge in [-0.1, -0.05) is 13.8 Å². The summed E-state index contributed by atoms with van der Waals surface area (Å²) < 4.78 is 9.14. The predicted octanol–water partition coefficient (Wildman–Crippen LogP) is 1.69. The summed E-state index contributed by atoms with van der Waals surface area (Å²) >= 11 is 9.33. The molecular weight excluding hydrogens is 280 g/mol. The van der Waals surface area contributed by atoms with Gasteiger partial charge in [0.25, 0.3) is 0 Å². The SMILES string of the molecule is CCSCC.O=C(CS)OCCOC(=O)CS. The first kappa shape index (κ1) is 19.3. The largest absolute Gasteiger partial charge is 0.461 e. The Hall–Kier alpha value is -0.0100.